The van der Waals surface area contributed by atoms with Crippen molar-refractivity contribution in [1.29, 1.82) is 0 Å². The molecule has 0 amide bonds. The lowest BCUT2D eigenvalue weighted by atomic mass is 9.82. The third-order valence-electron chi connectivity index (χ3n) is 3.84. The van der Waals surface area contributed by atoms with Gasteiger partial charge in [-0.15, -0.1) is 0 Å². The molecule has 1 aromatic heterocycles. The Kier molecular flexibility index (Phi) is 3.94. The Balaban J connectivity index is 2.02. The summed E-state index contributed by atoms with van der Waals surface area (Å²) in [6.45, 7) is 1.37. The Morgan fingerprint density at radius 1 is 1.35 bits per heavy atom. The van der Waals surface area contributed by atoms with Crippen LogP contribution in [0.15, 0.2) is 30.5 Å². The summed E-state index contributed by atoms with van der Waals surface area (Å²) in [6.07, 6.45) is 5.60. The molecular formula is C15H19ClN4. The predicted octanol–water partition coefficient (Wildman–Crippen LogP) is 3.16. The maximum absolute atomic E-state index is 6.31. The van der Waals surface area contributed by atoms with E-state index in [1.165, 1.54) is 25.0 Å². The molecule has 1 aliphatic carbocycles. The second kappa shape index (κ2) is 5.85. The van der Waals surface area contributed by atoms with Crippen molar-refractivity contribution < 1.29 is 0 Å². The number of nitrogens with zero attached hydrogens (tertiary/aromatic N) is 2. The first-order chi connectivity index (χ1) is 9.81. The largest absolute Gasteiger partial charge is 0.381 e. The van der Waals surface area contributed by atoms with Gasteiger partial charge in [-0.05, 0) is 25.0 Å². The minimum absolute atomic E-state index is 0.564. The van der Waals surface area contributed by atoms with Gasteiger partial charge in [-0.1, -0.05) is 30.2 Å². The summed E-state index contributed by atoms with van der Waals surface area (Å²) in [4.78, 5) is 0. The standard InChI is InChI=1S/C15H19ClN4/c16-12-6-1-2-7-14(12)20-15(11-4-3-5-11)13(10-19-20)18-9-8-17/h1-2,6-7,10-11,18H,3-5,8-9,17H2. The maximum atomic E-state index is 6.31. The van der Waals surface area contributed by atoms with E-state index in [0.717, 1.165) is 22.9 Å². The van der Waals surface area contributed by atoms with Crippen LogP contribution in [0.4, 0.5) is 5.69 Å². The number of rotatable bonds is 5. The number of nitrogens with one attached hydrogen (secondary N) is 1. The van der Waals surface area contributed by atoms with Gasteiger partial charge >= 0.3 is 0 Å². The topological polar surface area (TPSA) is 55.9 Å². The molecule has 1 fully saturated rings. The smallest absolute Gasteiger partial charge is 0.0835 e. The van der Waals surface area contributed by atoms with Crippen molar-refractivity contribution in [2.75, 3.05) is 18.4 Å². The highest BCUT2D eigenvalue weighted by Crippen LogP contribution is 2.41. The molecule has 5 heteroatoms. The molecule has 1 aromatic carbocycles. The average molecular weight is 291 g/mol. The van der Waals surface area contributed by atoms with Crippen molar-refractivity contribution in [3.63, 3.8) is 0 Å². The number of halogens is 1. The van der Waals surface area contributed by atoms with Crippen LogP contribution >= 0.6 is 11.6 Å². The summed E-state index contributed by atoms with van der Waals surface area (Å²) in [5, 5.41) is 8.63. The van der Waals surface area contributed by atoms with Gasteiger partial charge in [0, 0.05) is 19.0 Å². The van der Waals surface area contributed by atoms with Gasteiger partial charge in [-0.25, -0.2) is 4.68 Å². The summed E-state index contributed by atoms with van der Waals surface area (Å²) in [6, 6.07) is 7.83. The van der Waals surface area contributed by atoms with Crippen molar-refractivity contribution in [2.45, 2.75) is 25.2 Å². The van der Waals surface area contributed by atoms with E-state index in [4.69, 9.17) is 17.3 Å². The van der Waals surface area contributed by atoms with Crippen molar-refractivity contribution >= 4 is 17.3 Å². The molecule has 0 unspecified atom stereocenters. The minimum atomic E-state index is 0.564. The van der Waals surface area contributed by atoms with Gasteiger partial charge in [0.2, 0.25) is 0 Å². The Bertz CT molecular complexity index is 589. The zero-order valence-electron chi connectivity index (χ0n) is 11.3. The van der Waals surface area contributed by atoms with Crippen LogP contribution in [0, 0.1) is 0 Å². The van der Waals surface area contributed by atoms with Crippen molar-refractivity contribution in [1.82, 2.24) is 9.78 Å². The molecule has 0 aliphatic heterocycles. The van der Waals surface area contributed by atoms with E-state index in [9.17, 15) is 0 Å². The number of anilines is 1. The van der Waals surface area contributed by atoms with E-state index in [1.807, 2.05) is 35.1 Å². The van der Waals surface area contributed by atoms with Crippen LogP contribution in [0.5, 0.6) is 0 Å². The van der Waals surface area contributed by atoms with Gasteiger partial charge in [0.25, 0.3) is 0 Å². The SMILES string of the molecule is NCCNc1cnn(-c2ccccc2Cl)c1C1CCC1. The Labute approximate surface area is 123 Å². The minimum Gasteiger partial charge on any atom is -0.381 e. The van der Waals surface area contributed by atoms with Gasteiger partial charge < -0.3 is 11.1 Å². The summed E-state index contributed by atoms with van der Waals surface area (Å²) >= 11 is 6.31. The number of hydrogen-bond donors (Lipinski definition) is 2. The summed E-state index contributed by atoms with van der Waals surface area (Å²) < 4.78 is 1.98. The van der Waals surface area contributed by atoms with Gasteiger partial charge in [0.15, 0.2) is 0 Å². The van der Waals surface area contributed by atoms with Crippen LogP contribution in [0.1, 0.15) is 30.9 Å². The molecule has 3 N–H and O–H groups in total. The van der Waals surface area contributed by atoms with E-state index in [0.29, 0.717) is 12.5 Å². The molecule has 106 valence electrons. The van der Waals surface area contributed by atoms with Gasteiger partial charge in [0.1, 0.15) is 0 Å². The molecule has 4 nitrogen and oxygen atoms in total. The second-order valence-corrected chi connectivity index (χ2v) is 5.56. The van der Waals surface area contributed by atoms with Gasteiger partial charge in [-0.3, -0.25) is 0 Å². The third kappa shape index (κ3) is 2.41. The maximum Gasteiger partial charge on any atom is 0.0835 e. The zero-order valence-corrected chi connectivity index (χ0v) is 12.1. The van der Waals surface area contributed by atoms with Crippen LogP contribution in [0.3, 0.4) is 0 Å². The number of hydrogen-bond acceptors (Lipinski definition) is 3. The van der Waals surface area contributed by atoms with Gasteiger partial charge in [0.05, 0.1) is 28.3 Å². The fourth-order valence-corrected chi connectivity index (χ4v) is 2.81. The number of nitrogens with two attached hydrogens (primary N) is 1. The third-order valence-corrected chi connectivity index (χ3v) is 4.16. The highest BCUT2D eigenvalue weighted by atomic mass is 35.5. The van der Waals surface area contributed by atoms with Gasteiger partial charge in [-0.2, -0.15) is 5.10 Å². The molecule has 3 rings (SSSR count). The van der Waals surface area contributed by atoms with E-state index < -0.39 is 0 Å². The molecule has 2 aromatic rings. The van der Waals surface area contributed by atoms with E-state index >= 15 is 0 Å². The van der Waals surface area contributed by atoms with Crippen LogP contribution in [0.2, 0.25) is 5.02 Å². The van der Waals surface area contributed by atoms with Crippen LogP contribution in [0.25, 0.3) is 5.69 Å². The number of aromatic nitrogens is 2. The fourth-order valence-electron chi connectivity index (χ4n) is 2.59. The van der Waals surface area contributed by atoms with E-state index in [-0.39, 0.29) is 0 Å². The molecule has 1 aliphatic rings. The van der Waals surface area contributed by atoms with E-state index in [1.54, 1.807) is 0 Å². The quantitative estimate of drug-likeness (QED) is 0.889. The predicted molar refractivity (Wildman–Crippen MR) is 82.7 cm³/mol. The zero-order chi connectivity index (χ0) is 13.9. The first kappa shape index (κ1) is 13.5. The summed E-state index contributed by atoms with van der Waals surface area (Å²) in [7, 11) is 0. The first-order valence-electron chi connectivity index (χ1n) is 7.08. The van der Waals surface area contributed by atoms with Crippen molar-refractivity contribution in [3.05, 3.63) is 41.2 Å². The molecule has 0 bridgehead atoms. The molecule has 0 radical (unpaired) electrons. The molecule has 0 saturated heterocycles. The molecular weight excluding hydrogens is 272 g/mol. The second-order valence-electron chi connectivity index (χ2n) is 5.15. The Morgan fingerprint density at radius 2 is 2.15 bits per heavy atom. The normalized spacial score (nSPS) is 15.1. The fraction of sp³-hybridized carbons (Fsp3) is 0.400. The molecule has 1 saturated carbocycles. The van der Waals surface area contributed by atoms with Crippen LogP contribution < -0.4 is 11.1 Å². The highest BCUT2D eigenvalue weighted by Gasteiger charge is 2.27. The van der Waals surface area contributed by atoms with Crippen molar-refractivity contribution in [2.24, 2.45) is 5.73 Å². The molecule has 0 spiro atoms. The lowest BCUT2D eigenvalue weighted by molar-refractivity contribution is 0.404. The van der Waals surface area contributed by atoms with Crippen LogP contribution in [-0.2, 0) is 0 Å². The molecule has 0 atom stereocenters. The molecule has 20 heavy (non-hydrogen) atoms. The van der Waals surface area contributed by atoms with Crippen molar-refractivity contribution in [3.8, 4) is 5.69 Å². The lowest BCUT2D eigenvalue weighted by Crippen LogP contribution is -2.18. The lowest BCUT2D eigenvalue weighted by Gasteiger charge is -2.27. The van der Waals surface area contributed by atoms with Crippen LogP contribution in [-0.4, -0.2) is 22.9 Å². The number of benzene rings is 1. The molecule has 1 heterocycles. The van der Waals surface area contributed by atoms with E-state index in [2.05, 4.69) is 10.4 Å². The highest BCUT2D eigenvalue weighted by molar-refractivity contribution is 6.32. The Hall–Kier alpha value is -1.52. The Morgan fingerprint density at radius 3 is 2.80 bits per heavy atom. The first-order valence-corrected chi connectivity index (χ1v) is 7.46. The number of para-hydroxylation sites is 1. The summed E-state index contributed by atoms with van der Waals surface area (Å²) in [5.74, 6) is 0.564. The monoisotopic (exact) mass is 290 g/mol. The summed E-state index contributed by atoms with van der Waals surface area (Å²) in [5.41, 5.74) is 8.84. The average Bonchev–Trinajstić information content (AvgIpc) is 2.79.